The molecule has 0 fully saturated rings. The van der Waals surface area contributed by atoms with Gasteiger partial charge >= 0.3 is 0 Å². The van der Waals surface area contributed by atoms with E-state index in [4.69, 9.17) is 0 Å². The standard InChI is InChI=1S/C20H19N3O2/c1-21-20(25)16-7-4-8-17(12-16)22-13-19(24)23-18-10-9-14-5-2-3-6-15(14)11-18/h2-12,22H,13H2,1H3,(H,21,25)(H,23,24). The van der Waals surface area contributed by atoms with Gasteiger partial charge in [-0.25, -0.2) is 0 Å². The average molecular weight is 333 g/mol. The van der Waals surface area contributed by atoms with Crippen LogP contribution in [-0.2, 0) is 4.79 Å². The Balaban J connectivity index is 1.61. The summed E-state index contributed by atoms with van der Waals surface area (Å²) < 4.78 is 0. The maximum atomic E-state index is 12.1. The Bertz CT molecular complexity index is 921. The Hall–Kier alpha value is -3.34. The minimum absolute atomic E-state index is 0.115. The van der Waals surface area contributed by atoms with Crippen LogP contribution in [-0.4, -0.2) is 25.4 Å². The molecule has 0 saturated heterocycles. The Kier molecular flexibility index (Phi) is 4.95. The van der Waals surface area contributed by atoms with E-state index in [1.54, 1.807) is 25.2 Å². The van der Waals surface area contributed by atoms with Crippen LogP contribution in [0.4, 0.5) is 11.4 Å². The monoisotopic (exact) mass is 333 g/mol. The molecule has 0 aliphatic heterocycles. The van der Waals surface area contributed by atoms with E-state index in [9.17, 15) is 9.59 Å². The van der Waals surface area contributed by atoms with Gasteiger partial charge in [-0.1, -0.05) is 36.4 Å². The number of rotatable bonds is 5. The molecule has 0 atom stereocenters. The molecule has 0 saturated carbocycles. The Morgan fingerprint density at radius 1 is 0.840 bits per heavy atom. The first kappa shape index (κ1) is 16.5. The molecule has 0 unspecified atom stereocenters. The zero-order chi connectivity index (χ0) is 17.6. The summed E-state index contributed by atoms with van der Waals surface area (Å²) in [7, 11) is 1.58. The predicted octanol–water partition coefficient (Wildman–Crippen LogP) is 3.25. The quantitative estimate of drug-likeness (QED) is 0.671. The second-order valence-electron chi connectivity index (χ2n) is 5.62. The molecule has 2 amide bonds. The first-order chi connectivity index (χ1) is 12.2. The second-order valence-corrected chi connectivity index (χ2v) is 5.62. The average Bonchev–Trinajstić information content (AvgIpc) is 2.66. The normalized spacial score (nSPS) is 10.3. The molecule has 5 nitrogen and oxygen atoms in total. The number of hydrogen-bond donors (Lipinski definition) is 3. The molecular weight excluding hydrogens is 314 g/mol. The van der Waals surface area contributed by atoms with Crippen LogP contribution < -0.4 is 16.0 Å². The van der Waals surface area contributed by atoms with Crippen LogP contribution in [0, 0.1) is 0 Å². The van der Waals surface area contributed by atoms with E-state index < -0.39 is 0 Å². The van der Waals surface area contributed by atoms with Gasteiger partial charge in [0, 0.05) is 24.0 Å². The predicted molar refractivity (Wildman–Crippen MR) is 101 cm³/mol. The third kappa shape index (κ3) is 4.14. The number of hydrogen-bond acceptors (Lipinski definition) is 3. The smallest absolute Gasteiger partial charge is 0.251 e. The van der Waals surface area contributed by atoms with Gasteiger partial charge in [-0.05, 0) is 41.1 Å². The molecule has 0 bridgehead atoms. The van der Waals surface area contributed by atoms with Gasteiger partial charge in [-0.3, -0.25) is 9.59 Å². The third-order valence-electron chi connectivity index (χ3n) is 3.84. The lowest BCUT2D eigenvalue weighted by Gasteiger charge is -2.09. The highest BCUT2D eigenvalue weighted by molar-refractivity contribution is 5.97. The highest BCUT2D eigenvalue weighted by Crippen LogP contribution is 2.18. The lowest BCUT2D eigenvalue weighted by atomic mass is 10.1. The van der Waals surface area contributed by atoms with Gasteiger partial charge in [0.2, 0.25) is 5.91 Å². The SMILES string of the molecule is CNC(=O)c1cccc(NCC(=O)Nc2ccc3ccccc3c2)c1. The fourth-order valence-corrected chi connectivity index (χ4v) is 2.57. The van der Waals surface area contributed by atoms with Crippen LogP contribution in [0.1, 0.15) is 10.4 Å². The molecule has 0 spiro atoms. The van der Waals surface area contributed by atoms with Crippen molar-refractivity contribution in [2.45, 2.75) is 0 Å². The fourth-order valence-electron chi connectivity index (χ4n) is 2.57. The maximum absolute atomic E-state index is 12.1. The molecule has 0 radical (unpaired) electrons. The molecule has 0 aromatic heterocycles. The van der Waals surface area contributed by atoms with E-state index in [0.29, 0.717) is 5.56 Å². The summed E-state index contributed by atoms with van der Waals surface area (Å²) in [5.41, 5.74) is 2.02. The number of carbonyl (C=O) groups is 2. The van der Waals surface area contributed by atoms with Crippen LogP contribution in [0.5, 0.6) is 0 Å². The number of amides is 2. The molecule has 3 rings (SSSR count). The minimum atomic E-state index is -0.163. The van der Waals surface area contributed by atoms with E-state index >= 15 is 0 Å². The first-order valence-corrected chi connectivity index (χ1v) is 8.00. The van der Waals surface area contributed by atoms with Crippen molar-refractivity contribution >= 4 is 34.0 Å². The maximum Gasteiger partial charge on any atom is 0.251 e. The van der Waals surface area contributed by atoms with Gasteiger partial charge in [-0.15, -0.1) is 0 Å². The van der Waals surface area contributed by atoms with E-state index in [0.717, 1.165) is 22.1 Å². The first-order valence-electron chi connectivity index (χ1n) is 8.00. The lowest BCUT2D eigenvalue weighted by Crippen LogP contribution is -2.22. The van der Waals surface area contributed by atoms with Crippen molar-refractivity contribution in [2.24, 2.45) is 0 Å². The highest BCUT2D eigenvalue weighted by atomic mass is 16.2. The van der Waals surface area contributed by atoms with Crippen molar-refractivity contribution < 1.29 is 9.59 Å². The van der Waals surface area contributed by atoms with Crippen molar-refractivity contribution in [3.05, 3.63) is 72.3 Å². The van der Waals surface area contributed by atoms with Gasteiger partial charge in [0.05, 0.1) is 6.54 Å². The zero-order valence-corrected chi connectivity index (χ0v) is 13.9. The van der Waals surface area contributed by atoms with Crippen LogP contribution in [0.25, 0.3) is 10.8 Å². The number of fused-ring (bicyclic) bond motifs is 1. The van der Waals surface area contributed by atoms with Gasteiger partial charge < -0.3 is 16.0 Å². The summed E-state index contributed by atoms with van der Waals surface area (Å²) in [4.78, 5) is 23.8. The van der Waals surface area contributed by atoms with Gasteiger partial charge in [0.1, 0.15) is 0 Å². The molecular formula is C20H19N3O2. The number of anilines is 2. The molecule has 0 heterocycles. The van der Waals surface area contributed by atoms with Crippen LogP contribution in [0.3, 0.4) is 0 Å². The summed E-state index contributed by atoms with van der Waals surface area (Å²) in [6.07, 6.45) is 0. The second kappa shape index (κ2) is 7.49. The summed E-state index contributed by atoms with van der Waals surface area (Å²) in [5.74, 6) is -0.315. The van der Waals surface area contributed by atoms with Crippen LogP contribution >= 0.6 is 0 Å². The molecule has 25 heavy (non-hydrogen) atoms. The van der Waals surface area contributed by atoms with E-state index in [1.807, 2.05) is 48.5 Å². The third-order valence-corrected chi connectivity index (χ3v) is 3.84. The van der Waals surface area contributed by atoms with E-state index in [-0.39, 0.29) is 18.4 Å². The van der Waals surface area contributed by atoms with Gasteiger partial charge in [0.15, 0.2) is 0 Å². The Morgan fingerprint density at radius 3 is 2.44 bits per heavy atom. The van der Waals surface area contributed by atoms with Crippen LogP contribution in [0.2, 0.25) is 0 Å². The number of nitrogens with one attached hydrogen (secondary N) is 3. The fraction of sp³-hybridized carbons (Fsp3) is 0.100. The lowest BCUT2D eigenvalue weighted by molar-refractivity contribution is -0.114. The van der Waals surface area contributed by atoms with Crippen molar-refractivity contribution in [3.63, 3.8) is 0 Å². The Labute approximate surface area is 146 Å². The van der Waals surface area contributed by atoms with E-state index in [1.165, 1.54) is 0 Å². The van der Waals surface area contributed by atoms with Crippen LogP contribution in [0.15, 0.2) is 66.7 Å². The van der Waals surface area contributed by atoms with Crippen molar-refractivity contribution in [2.75, 3.05) is 24.2 Å². The minimum Gasteiger partial charge on any atom is -0.376 e. The van der Waals surface area contributed by atoms with Gasteiger partial charge in [0.25, 0.3) is 5.91 Å². The molecule has 5 heteroatoms. The molecule has 0 aliphatic rings. The van der Waals surface area contributed by atoms with E-state index in [2.05, 4.69) is 16.0 Å². The largest absolute Gasteiger partial charge is 0.376 e. The molecule has 3 N–H and O–H groups in total. The summed E-state index contributed by atoms with van der Waals surface area (Å²) >= 11 is 0. The topological polar surface area (TPSA) is 70.2 Å². The zero-order valence-electron chi connectivity index (χ0n) is 13.9. The summed E-state index contributed by atoms with van der Waals surface area (Å²) in [6.45, 7) is 0.115. The van der Waals surface area contributed by atoms with Crippen molar-refractivity contribution in [3.8, 4) is 0 Å². The van der Waals surface area contributed by atoms with Gasteiger partial charge in [-0.2, -0.15) is 0 Å². The number of benzene rings is 3. The molecule has 0 aliphatic carbocycles. The number of carbonyl (C=O) groups excluding carboxylic acids is 2. The molecule has 3 aromatic rings. The summed E-state index contributed by atoms with van der Waals surface area (Å²) in [6, 6.07) is 20.8. The molecule has 3 aromatic carbocycles. The van der Waals surface area contributed by atoms with Crippen molar-refractivity contribution in [1.82, 2.24) is 5.32 Å². The van der Waals surface area contributed by atoms with Crippen molar-refractivity contribution in [1.29, 1.82) is 0 Å². The Morgan fingerprint density at radius 2 is 1.64 bits per heavy atom. The summed E-state index contributed by atoms with van der Waals surface area (Å²) in [5, 5.41) is 10.7. The highest BCUT2D eigenvalue weighted by Gasteiger charge is 2.06. The molecule has 126 valence electrons.